The molecule has 0 bridgehead atoms. The molecule has 0 aliphatic carbocycles. The van der Waals surface area contributed by atoms with E-state index in [0.717, 1.165) is 0 Å². The summed E-state index contributed by atoms with van der Waals surface area (Å²) in [7, 11) is 0. The Morgan fingerprint density at radius 3 is 2.23 bits per heavy atom. The largest absolute Gasteiger partial charge is 0.481 e. The van der Waals surface area contributed by atoms with Gasteiger partial charge in [-0.1, -0.05) is 18.2 Å². The molecule has 1 aromatic carbocycles. The third-order valence-corrected chi connectivity index (χ3v) is 3.66. The van der Waals surface area contributed by atoms with E-state index < -0.39 is 23.9 Å². The number of nitrogens with one attached hydrogen (secondary N) is 2. The average Bonchev–Trinajstić information content (AvgIpc) is 2.59. The van der Waals surface area contributed by atoms with Crippen LogP contribution in [0.15, 0.2) is 30.3 Å². The van der Waals surface area contributed by atoms with Crippen LogP contribution in [-0.4, -0.2) is 46.6 Å². The van der Waals surface area contributed by atoms with Gasteiger partial charge < -0.3 is 26.6 Å². The normalized spacial score (nSPS) is 12.7. The molecular formula is C17H23N3O6. The Labute approximate surface area is 150 Å². The predicted molar refractivity (Wildman–Crippen MR) is 93.3 cm³/mol. The number of carboxylic acids is 2. The van der Waals surface area contributed by atoms with Crippen molar-refractivity contribution in [3.8, 4) is 0 Å². The number of amides is 2. The second-order valence-corrected chi connectivity index (χ2v) is 5.80. The van der Waals surface area contributed by atoms with Gasteiger partial charge in [-0.25, -0.2) is 0 Å². The van der Waals surface area contributed by atoms with Gasteiger partial charge in [0.2, 0.25) is 11.8 Å². The molecule has 0 aromatic heterocycles. The number of benzene rings is 1. The van der Waals surface area contributed by atoms with Crippen molar-refractivity contribution < 1.29 is 29.4 Å². The molecule has 0 spiro atoms. The van der Waals surface area contributed by atoms with E-state index in [1.54, 1.807) is 24.3 Å². The van der Waals surface area contributed by atoms with Crippen molar-refractivity contribution in [3.63, 3.8) is 0 Å². The smallest absolute Gasteiger partial charge is 0.320 e. The van der Waals surface area contributed by atoms with Crippen LogP contribution in [0.25, 0.3) is 0 Å². The van der Waals surface area contributed by atoms with Crippen LogP contribution in [0.1, 0.15) is 25.7 Å². The van der Waals surface area contributed by atoms with E-state index in [2.05, 4.69) is 10.6 Å². The molecule has 2 atom stereocenters. The van der Waals surface area contributed by atoms with Crippen molar-refractivity contribution in [3.05, 3.63) is 30.3 Å². The topological polar surface area (TPSA) is 159 Å². The van der Waals surface area contributed by atoms with E-state index in [1.807, 2.05) is 6.07 Å². The molecule has 0 fully saturated rings. The summed E-state index contributed by atoms with van der Waals surface area (Å²) in [5.74, 6) is -4.11. The Hall–Kier alpha value is -2.94. The highest BCUT2D eigenvalue weighted by Crippen LogP contribution is 2.15. The first-order chi connectivity index (χ1) is 12.3. The van der Waals surface area contributed by atoms with Crippen molar-refractivity contribution >= 4 is 29.4 Å². The minimum atomic E-state index is -1.27. The summed E-state index contributed by atoms with van der Waals surface area (Å²) in [5, 5.41) is 22.9. The minimum absolute atomic E-state index is 0.0324. The molecule has 26 heavy (non-hydrogen) atoms. The number of carbonyl (C=O) groups excluding carboxylic acids is 2. The standard InChI is InChI=1S/C17H23N3O6/c18-13(17(25)26)9-11(16(23)24)5-4-8-14(21)19-10-15(22)20-12-6-2-1-3-7-12/h1-3,6-7,11,13H,4-5,8-10,18H2,(H,19,21)(H,20,22)(H,23,24)(H,25,26)/t11?,13-/m0/s1. The first-order valence-electron chi connectivity index (χ1n) is 8.12. The summed E-state index contributed by atoms with van der Waals surface area (Å²) in [5.41, 5.74) is 5.96. The molecule has 0 saturated carbocycles. The van der Waals surface area contributed by atoms with Crippen LogP contribution in [0.4, 0.5) is 5.69 Å². The second kappa shape index (κ2) is 10.8. The lowest BCUT2D eigenvalue weighted by Gasteiger charge is -2.14. The van der Waals surface area contributed by atoms with Gasteiger partial charge in [-0.15, -0.1) is 0 Å². The van der Waals surface area contributed by atoms with Crippen LogP contribution in [0, 0.1) is 5.92 Å². The van der Waals surface area contributed by atoms with Gasteiger partial charge in [-0.2, -0.15) is 0 Å². The van der Waals surface area contributed by atoms with Gasteiger partial charge in [0.05, 0.1) is 12.5 Å². The van der Waals surface area contributed by atoms with Crippen LogP contribution in [0.2, 0.25) is 0 Å². The Balaban J connectivity index is 2.29. The number of nitrogens with two attached hydrogens (primary N) is 1. The number of rotatable bonds is 11. The lowest BCUT2D eigenvalue weighted by atomic mass is 9.94. The van der Waals surface area contributed by atoms with Crippen LogP contribution in [0.5, 0.6) is 0 Å². The van der Waals surface area contributed by atoms with Crippen LogP contribution in [-0.2, 0) is 19.2 Å². The van der Waals surface area contributed by atoms with E-state index in [4.69, 9.17) is 15.9 Å². The van der Waals surface area contributed by atoms with Gasteiger partial charge in [-0.05, 0) is 31.4 Å². The molecule has 1 aromatic rings. The molecule has 0 saturated heterocycles. The summed E-state index contributed by atoms with van der Waals surface area (Å²) < 4.78 is 0. The fourth-order valence-electron chi connectivity index (χ4n) is 2.25. The molecule has 0 aliphatic rings. The number of carboxylic acid groups (broad SMARTS) is 2. The molecule has 0 radical (unpaired) electrons. The summed E-state index contributed by atoms with van der Waals surface area (Å²) in [6.45, 7) is -0.194. The lowest BCUT2D eigenvalue weighted by molar-refractivity contribution is -0.144. The Morgan fingerprint density at radius 2 is 1.65 bits per heavy atom. The summed E-state index contributed by atoms with van der Waals surface area (Å²) >= 11 is 0. The second-order valence-electron chi connectivity index (χ2n) is 5.80. The zero-order valence-electron chi connectivity index (χ0n) is 14.2. The zero-order chi connectivity index (χ0) is 19.5. The van der Waals surface area contributed by atoms with Crippen molar-refractivity contribution in [2.75, 3.05) is 11.9 Å². The average molecular weight is 365 g/mol. The van der Waals surface area contributed by atoms with E-state index in [1.165, 1.54) is 0 Å². The minimum Gasteiger partial charge on any atom is -0.481 e. The Morgan fingerprint density at radius 1 is 1.00 bits per heavy atom. The number of aliphatic carboxylic acids is 2. The van der Waals surface area contributed by atoms with Crippen molar-refractivity contribution in [2.24, 2.45) is 11.7 Å². The van der Waals surface area contributed by atoms with E-state index in [9.17, 15) is 19.2 Å². The molecule has 9 heteroatoms. The Bertz CT molecular complexity index is 635. The fourth-order valence-corrected chi connectivity index (χ4v) is 2.25. The third-order valence-electron chi connectivity index (χ3n) is 3.66. The molecule has 0 aliphatic heterocycles. The lowest BCUT2D eigenvalue weighted by Crippen LogP contribution is -2.35. The van der Waals surface area contributed by atoms with Crippen LogP contribution < -0.4 is 16.4 Å². The maximum Gasteiger partial charge on any atom is 0.320 e. The van der Waals surface area contributed by atoms with Gasteiger partial charge in [0.25, 0.3) is 0 Å². The first kappa shape index (κ1) is 21.1. The quantitative estimate of drug-likeness (QED) is 0.380. The van der Waals surface area contributed by atoms with Gasteiger partial charge in [0.1, 0.15) is 6.04 Å². The molecular weight excluding hydrogens is 342 g/mol. The van der Waals surface area contributed by atoms with Crippen molar-refractivity contribution in [2.45, 2.75) is 31.7 Å². The van der Waals surface area contributed by atoms with Gasteiger partial charge in [0.15, 0.2) is 0 Å². The number of anilines is 1. The zero-order valence-corrected chi connectivity index (χ0v) is 14.2. The summed E-state index contributed by atoms with van der Waals surface area (Å²) in [4.78, 5) is 45.2. The predicted octanol–water partition coefficient (Wildman–Crippen LogP) is 0.414. The molecule has 0 heterocycles. The van der Waals surface area contributed by atoms with Gasteiger partial charge in [0, 0.05) is 12.1 Å². The van der Waals surface area contributed by atoms with Gasteiger partial charge >= 0.3 is 11.9 Å². The van der Waals surface area contributed by atoms with E-state index in [-0.39, 0.29) is 44.0 Å². The first-order valence-corrected chi connectivity index (χ1v) is 8.12. The molecule has 2 amide bonds. The molecule has 1 rings (SSSR count). The number of para-hydroxylation sites is 1. The maximum absolute atomic E-state index is 11.7. The molecule has 6 N–H and O–H groups in total. The van der Waals surface area contributed by atoms with Gasteiger partial charge in [-0.3, -0.25) is 19.2 Å². The molecule has 142 valence electrons. The highest BCUT2D eigenvalue weighted by molar-refractivity contribution is 5.94. The highest BCUT2D eigenvalue weighted by atomic mass is 16.4. The number of hydrogen-bond acceptors (Lipinski definition) is 5. The van der Waals surface area contributed by atoms with E-state index >= 15 is 0 Å². The van der Waals surface area contributed by atoms with Crippen LogP contribution >= 0.6 is 0 Å². The monoisotopic (exact) mass is 365 g/mol. The van der Waals surface area contributed by atoms with Crippen molar-refractivity contribution in [1.82, 2.24) is 5.32 Å². The number of carbonyl (C=O) groups is 4. The third kappa shape index (κ3) is 8.25. The SMILES string of the molecule is N[C@@H](CC(CCCC(=O)NCC(=O)Nc1ccccc1)C(=O)O)C(=O)O. The maximum atomic E-state index is 11.7. The van der Waals surface area contributed by atoms with Crippen molar-refractivity contribution in [1.29, 1.82) is 0 Å². The van der Waals surface area contributed by atoms with E-state index in [0.29, 0.717) is 5.69 Å². The molecule has 1 unspecified atom stereocenters. The summed E-state index contributed by atoms with van der Waals surface area (Å²) in [6.07, 6.45) is 0.200. The molecule has 9 nitrogen and oxygen atoms in total. The fraction of sp³-hybridized carbons (Fsp3) is 0.412. The summed E-state index contributed by atoms with van der Waals surface area (Å²) in [6, 6.07) is 7.52. The number of hydrogen-bond donors (Lipinski definition) is 5. The Kier molecular flexibility index (Phi) is 8.79. The highest BCUT2D eigenvalue weighted by Gasteiger charge is 2.24. The van der Waals surface area contributed by atoms with Crippen LogP contribution in [0.3, 0.4) is 0 Å².